The summed E-state index contributed by atoms with van der Waals surface area (Å²) in [6.07, 6.45) is 4.02. The Balaban J connectivity index is 1.56. The molecule has 1 aliphatic carbocycles. The molecule has 4 rings (SSSR count). The van der Waals surface area contributed by atoms with Crippen LogP contribution in [0.4, 0.5) is 0 Å². The zero-order valence-electron chi connectivity index (χ0n) is 12.5. The van der Waals surface area contributed by atoms with Crippen molar-refractivity contribution in [1.29, 1.82) is 0 Å². The van der Waals surface area contributed by atoms with Crippen molar-refractivity contribution in [2.24, 2.45) is 0 Å². The minimum Gasteiger partial charge on any atom is -0.394 e. The molecule has 1 amide bonds. The van der Waals surface area contributed by atoms with Crippen LogP contribution >= 0.6 is 11.3 Å². The zero-order chi connectivity index (χ0) is 15.8. The number of thiophene rings is 1. The van der Waals surface area contributed by atoms with Crippen LogP contribution in [0.2, 0.25) is 0 Å². The quantitative estimate of drug-likeness (QED) is 0.674. The van der Waals surface area contributed by atoms with Gasteiger partial charge >= 0.3 is 0 Å². The van der Waals surface area contributed by atoms with Crippen molar-refractivity contribution >= 4 is 28.3 Å². The van der Waals surface area contributed by atoms with Crippen LogP contribution in [0.1, 0.15) is 46.4 Å². The van der Waals surface area contributed by atoms with Gasteiger partial charge in [0.05, 0.1) is 18.2 Å². The van der Waals surface area contributed by atoms with Crippen molar-refractivity contribution in [2.75, 3.05) is 6.61 Å². The highest BCUT2D eigenvalue weighted by Gasteiger charge is 2.25. The molecular weight excluding hydrogens is 310 g/mol. The largest absolute Gasteiger partial charge is 0.394 e. The summed E-state index contributed by atoms with van der Waals surface area (Å²) >= 11 is 1.54. The first-order chi connectivity index (χ1) is 11.2. The number of aliphatic hydroxyl groups is 1. The Kier molecular flexibility index (Phi) is 3.63. The number of rotatable bonds is 5. The van der Waals surface area contributed by atoms with E-state index in [4.69, 9.17) is 0 Å². The normalized spacial score (nSPS) is 15.7. The first kappa shape index (κ1) is 14.4. The van der Waals surface area contributed by atoms with E-state index in [1.54, 1.807) is 17.5 Å². The number of fused-ring (bicyclic) bond motifs is 1. The molecule has 3 aromatic heterocycles. The maximum Gasteiger partial charge on any atom is 0.253 e. The summed E-state index contributed by atoms with van der Waals surface area (Å²) < 4.78 is 0. The molecule has 6 heteroatoms. The van der Waals surface area contributed by atoms with Gasteiger partial charge in [-0.05, 0) is 53.3 Å². The molecule has 1 aliphatic rings. The zero-order valence-corrected chi connectivity index (χ0v) is 13.3. The van der Waals surface area contributed by atoms with E-state index in [9.17, 15) is 9.90 Å². The van der Waals surface area contributed by atoms with Gasteiger partial charge in [0.15, 0.2) is 0 Å². The lowest BCUT2D eigenvalue weighted by molar-refractivity contribution is 0.0916. The maximum absolute atomic E-state index is 12.4. The first-order valence-corrected chi connectivity index (χ1v) is 8.61. The van der Waals surface area contributed by atoms with Gasteiger partial charge < -0.3 is 15.4 Å². The lowest BCUT2D eigenvalue weighted by Gasteiger charge is -2.15. The molecule has 3 heterocycles. The van der Waals surface area contributed by atoms with Crippen LogP contribution < -0.4 is 5.32 Å². The minimum atomic E-state index is -0.391. The van der Waals surface area contributed by atoms with Crippen LogP contribution in [0.25, 0.3) is 11.0 Å². The van der Waals surface area contributed by atoms with Crippen LogP contribution in [-0.2, 0) is 0 Å². The standard InChI is InChI=1S/C17H17N3O2S/c21-8-15(11-3-4-23-9-11)20-17(22)13-5-12-6-14(10-1-2-10)19-16(12)18-7-13/h3-7,9-10,15,21H,1-2,8H2,(H,18,19)(H,20,22). The number of nitrogens with zero attached hydrogens (tertiary/aromatic N) is 1. The van der Waals surface area contributed by atoms with Crippen LogP contribution in [-0.4, -0.2) is 27.6 Å². The fourth-order valence-corrected chi connectivity index (χ4v) is 3.44. The highest BCUT2D eigenvalue weighted by molar-refractivity contribution is 7.08. The van der Waals surface area contributed by atoms with Gasteiger partial charge in [0.1, 0.15) is 5.65 Å². The van der Waals surface area contributed by atoms with Gasteiger partial charge in [0.2, 0.25) is 0 Å². The van der Waals surface area contributed by atoms with Gasteiger partial charge in [0.25, 0.3) is 5.91 Å². The number of hydrogen-bond donors (Lipinski definition) is 3. The van der Waals surface area contributed by atoms with Crippen molar-refractivity contribution in [3.63, 3.8) is 0 Å². The van der Waals surface area contributed by atoms with E-state index in [1.807, 2.05) is 22.9 Å². The molecular formula is C17H17N3O2S. The summed E-state index contributed by atoms with van der Waals surface area (Å²) in [6, 6.07) is 5.44. The van der Waals surface area contributed by atoms with E-state index in [2.05, 4.69) is 21.4 Å². The molecule has 3 aromatic rings. The van der Waals surface area contributed by atoms with Gasteiger partial charge in [-0.3, -0.25) is 4.79 Å². The summed E-state index contributed by atoms with van der Waals surface area (Å²) in [5.74, 6) is 0.401. The Morgan fingerprint density at radius 1 is 1.48 bits per heavy atom. The second kappa shape index (κ2) is 5.79. The van der Waals surface area contributed by atoms with Gasteiger partial charge in [-0.15, -0.1) is 0 Å². The molecule has 1 atom stereocenters. The fraction of sp³-hybridized carbons (Fsp3) is 0.294. The number of carbonyl (C=O) groups is 1. The van der Waals surface area contributed by atoms with E-state index in [0.29, 0.717) is 11.5 Å². The fourth-order valence-electron chi connectivity index (χ4n) is 2.72. The molecule has 23 heavy (non-hydrogen) atoms. The van der Waals surface area contributed by atoms with Crippen LogP contribution in [0.3, 0.4) is 0 Å². The number of pyridine rings is 1. The number of H-pyrrole nitrogens is 1. The molecule has 0 aliphatic heterocycles. The van der Waals surface area contributed by atoms with Crippen molar-refractivity contribution < 1.29 is 9.90 Å². The lowest BCUT2D eigenvalue weighted by Crippen LogP contribution is -2.30. The molecule has 5 nitrogen and oxygen atoms in total. The molecule has 1 fully saturated rings. The second-order valence-corrected chi connectivity index (χ2v) is 6.71. The van der Waals surface area contributed by atoms with E-state index in [-0.39, 0.29) is 12.5 Å². The third kappa shape index (κ3) is 2.87. The monoisotopic (exact) mass is 327 g/mol. The third-order valence-electron chi connectivity index (χ3n) is 4.20. The molecule has 0 bridgehead atoms. The van der Waals surface area contributed by atoms with Crippen molar-refractivity contribution in [1.82, 2.24) is 15.3 Å². The number of aromatic amines is 1. The third-order valence-corrected chi connectivity index (χ3v) is 4.91. The number of aromatic nitrogens is 2. The van der Waals surface area contributed by atoms with Gasteiger partial charge in [-0.1, -0.05) is 0 Å². The van der Waals surface area contributed by atoms with Crippen molar-refractivity contribution in [3.05, 3.63) is 52.0 Å². The molecule has 0 spiro atoms. The lowest BCUT2D eigenvalue weighted by atomic mass is 10.1. The molecule has 0 radical (unpaired) electrons. The highest BCUT2D eigenvalue weighted by atomic mass is 32.1. The molecule has 1 unspecified atom stereocenters. The number of amides is 1. The second-order valence-electron chi connectivity index (χ2n) is 5.93. The summed E-state index contributed by atoms with van der Waals surface area (Å²) in [4.78, 5) is 20.1. The van der Waals surface area contributed by atoms with Crippen LogP contribution in [0.5, 0.6) is 0 Å². The highest BCUT2D eigenvalue weighted by Crippen LogP contribution is 2.40. The first-order valence-electron chi connectivity index (χ1n) is 7.67. The Labute approximate surface area is 137 Å². The number of carbonyl (C=O) groups excluding carboxylic acids is 1. The molecule has 3 N–H and O–H groups in total. The number of hydrogen-bond acceptors (Lipinski definition) is 4. The average molecular weight is 327 g/mol. The number of nitrogens with one attached hydrogen (secondary N) is 2. The molecule has 0 saturated heterocycles. The number of aliphatic hydroxyl groups excluding tert-OH is 1. The molecule has 118 valence electrons. The topological polar surface area (TPSA) is 78.0 Å². The summed E-state index contributed by atoms with van der Waals surface area (Å²) in [6.45, 7) is -0.131. The maximum atomic E-state index is 12.4. The predicted molar refractivity (Wildman–Crippen MR) is 89.7 cm³/mol. The SMILES string of the molecule is O=C(NC(CO)c1ccsc1)c1cnc2[nH]c(C3CC3)cc2c1. The Morgan fingerprint density at radius 2 is 2.35 bits per heavy atom. The van der Waals surface area contributed by atoms with Gasteiger partial charge in [0, 0.05) is 17.3 Å². The van der Waals surface area contributed by atoms with Crippen molar-refractivity contribution in [2.45, 2.75) is 24.8 Å². The molecule has 1 saturated carbocycles. The summed E-state index contributed by atoms with van der Waals surface area (Å²) in [5.41, 5.74) is 3.45. The van der Waals surface area contributed by atoms with E-state index in [0.717, 1.165) is 16.6 Å². The van der Waals surface area contributed by atoms with Crippen LogP contribution in [0, 0.1) is 0 Å². The van der Waals surface area contributed by atoms with E-state index < -0.39 is 6.04 Å². The Bertz CT molecular complexity index is 837. The van der Waals surface area contributed by atoms with Crippen molar-refractivity contribution in [3.8, 4) is 0 Å². The van der Waals surface area contributed by atoms with Gasteiger partial charge in [-0.2, -0.15) is 11.3 Å². The minimum absolute atomic E-state index is 0.131. The smallest absolute Gasteiger partial charge is 0.253 e. The van der Waals surface area contributed by atoms with E-state index in [1.165, 1.54) is 18.5 Å². The van der Waals surface area contributed by atoms with E-state index >= 15 is 0 Å². The Hall–Kier alpha value is -2.18. The average Bonchev–Trinajstić information content (AvgIpc) is 3.11. The van der Waals surface area contributed by atoms with Gasteiger partial charge in [-0.25, -0.2) is 4.98 Å². The molecule has 0 aromatic carbocycles. The predicted octanol–water partition coefficient (Wildman–Crippen LogP) is 2.97. The van der Waals surface area contributed by atoms with Crippen LogP contribution in [0.15, 0.2) is 35.2 Å². The summed E-state index contributed by atoms with van der Waals surface area (Å²) in [7, 11) is 0. The summed E-state index contributed by atoms with van der Waals surface area (Å²) in [5, 5.41) is 17.2. The Morgan fingerprint density at radius 3 is 3.04 bits per heavy atom.